The standard InChI is InChI=1S/C18H18N2O4/c21-17(20-16(18(22)23)13-1-2-13)14-3-5-15(6-4-14)24-11-12-7-9-19-10-8-12/h3-10,13,16H,1-2,11H2,(H,20,21)(H,22,23). The first-order valence-electron chi connectivity index (χ1n) is 7.79. The van der Waals surface area contributed by atoms with Crippen molar-refractivity contribution in [1.29, 1.82) is 0 Å². The minimum Gasteiger partial charge on any atom is -0.489 e. The molecule has 1 heterocycles. The van der Waals surface area contributed by atoms with E-state index in [-0.39, 0.29) is 11.8 Å². The van der Waals surface area contributed by atoms with Crippen molar-refractivity contribution in [3.05, 3.63) is 59.9 Å². The van der Waals surface area contributed by atoms with Gasteiger partial charge < -0.3 is 15.2 Å². The van der Waals surface area contributed by atoms with Crippen LogP contribution in [-0.2, 0) is 11.4 Å². The van der Waals surface area contributed by atoms with E-state index in [0.717, 1.165) is 18.4 Å². The Morgan fingerprint density at radius 2 is 1.83 bits per heavy atom. The molecule has 1 aromatic carbocycles. The van der Waals surface area contributed by atoms with E-state index < -0.39 is 12.0 Å². The lowest BCUT2D eigenvalue weighted by atomic mass is 10.1. The number of carboxylic acid groups (broad SMARTS) is 1. The molecule has 1 amide bonds. The number of carbonyl (C=O) groups excluding carboxylic acids is 1. The molecule has 2 aromatic rings. The van der Waals surface area contributed by atoms with Gasteiger partial charge in [0.15, 0.2) is 0 Å². The fraction of sp³-hybridized carbons (Fsp3) is 0.278. The lowest BCUT2D eigenvalue weighted by Gasteiger charge is -2.13. The number of ether oxygens (including phenoxy) is 1. The molecule has 124 valence electrons. The fourth-order valence-corrected chi connectivity index (χ4v) is 2.38. The maximum Gasteiger partial charge on any atom is 0.326 e. The molecule has 0 aliphatic heterocycles. The van der Waals surface area contributed by atoms with E-state index in [2.05, 4.69) is 10.3 Å². The summed E-state index contributed by atoms with van der Waals surface area (Å²) in [7, 11) is 0. The SMILES string of the molecule is O=C(NC(C(=O)O)C1CC1)c1ccc(OCc2ccncc2)cc1. The number of hydrogen-bond donors (Lipinski definition) is 2. The number of pyridine rings is 1. The third-order valence-electron chi connectivity index (χ3n) is 3.92. The van der Waals surface area contributed by atoms with Gasteiger partial charge in [-0.05, 0) is 60.7 Å². The summed E-state index contributed by atoms with van der Waals surface area (Å²) >= 11 is 0. The molecule has 1 aliphatic rings. The molecule has 6 heteroatoms. The molecule has 1 saturated carbocycles. The summed E-state index contributed by atoms with van der Waals surface area (Å²) < 4.78 is 5.64. The average Bonchev–Trinajstić information content (AvgIpc) is 3.43. The number of aliphatic carboxylic acids is 1. The lowest BCUT2D eigenvalue weighted by molar-refractivity contribution is -0.139. The summed E-state index contributed by atoms with van der Waals surface area (Å²) in [5.74, 6) is -0.673. The number of benzene rings is 1. The first-order valence-corrected chi connectivity index (χ1v) is 7.79. The van der Waals surface area contributed by atoms with Crippen molar-refractivity contribution in [2.45, 2.75) is 25.5 Å². The van der Waals surface area contributed by atoms with Gasteiger partial charge in [0.25, 0.3) is 5.91 Å². The second kappa shape index (κ2) is 7.12. The fourth-order valence-electron chi connectivity index (χ4n) is 2.38. The number of aromatic nitrogens is 1. The second-order valence-electron chi connectivity index (χ2n) is 5.80. The van der Waals surface area contributed by atoms with Crippen LogP contribution in [0.3, 0.4) is 0 Å². The summed E-state index contributed by atoms with van der Waals surface area (Å²) in [4.78, 5) is 27.3. The van der Waals surface area contributed by atoms with Gasteiger partial charge in [0, 0.05) is 18.0 Å². The van der Waals surface area contributed by atoms with E-state index in [0.29, 0.717) is 17.9 Å². The van der Waals surface area contributed by atoms with Gasteiger partial charge in [0.2, 0.25) is 0 Å². The van der Waals surface area contributed by atoms with Gasteiger partial charge in [-0.15, -0.1) is 0 Å². The van der Waals surface area contributed by atoms with Crippen molar-refractivity contribution in [1.82, 2.24) is 10.3 Å². The third-order valence-corrected chi connectivity index (χ3v) is 3.92. The molecule has 1 aliphatic carbocycles. The zero-order valence-electron chi connectivity index (χ0n) is 13.0. The van der Waals surface area contributed by atoms with Crippen molar-refractivity contribution in [3.8, 4) is 5.75 Å². The highest BCUT2D eigenvalue weighted by molar-refractivity contribution is 5.96. The van der Waals surface area contributed by atoms with Crippen LogP contribution in [0.25, 0.3) is 0 Å². The molecule has 1 unspecified atom stereocenters. The van der Waals surface area contributed by atoms with Crippen LogP contribution in [0.15, 0.2) is 48.8 Å². The number of hydrogen-bond acceptors (Lipinski definition) is 4. The normalized spacial score (nSPS) is 14.7. The number of carbonyl (C=O) groups is 2. The molecule has 1 fully saturated rings. The molecule has 3 rings (SSSR count). The highest BCUT2D eigenvalue weighted by atomic mass is 16.5. The molecule has 24 heavy (non-hydrogen) atoms. The molecule has 0 radical (unpaired) electrons. The Labute approximate surface area is 139 Å². The van der Waals surface area contributed by atoms with Crippen LogP contribution >= 0.6 is 0 Å². The number of amides is 1. The Morgan fingerprint density at radius 1 is 1.17 bits per heavy atom. The quantitative estimate of drug-likeness (QED) is 0.815. The third kappa shape index (κ3) is 4.10. The smallest absolute Gasteiger partial charge is 0.326 e. The van der Waals surface area contributed by atoms with Crippen molar-refractivity contribution >= 4 is 11.9 Å². The highest BCUT2D eigenvalue weighted by Gasteiger charge is 2.37. The Morgan fingerprint density at radius 3 is 2.42 bits per heavy atom. The van der Waals surface area contributed by atoms with Crippen molar-refractivity contribution < 1.29 is 19.4 Å². The zero-order chi connectivity index (χ0) is 16.9. The number of nitrogens with one attached hydrogen (secondary N) is 1. The van der Waals surface area contributed by atoms with Crippen molar-refractivity contribution in [2.75, 3.05) is 0 Å². The molecule has 1 atom stereocenters. The monoisotopic (exact) mass is 326 g/mol. The lowest BCUT2D eigenvalue weighted by Crippen LogP contribution is -2.42. The van der Waals surface area contributed by atoms with Gasteiger partial charge in [-0.1, -0.05) is 0 Å². The summed E-state index contributed by atoms with van der Waals surface area (Å²) in [6.45, 7) is 0.414. The van der Waals surface area contributed by atoms with Crippen LogP contribution < -0.4 is 10.1 Å². The first kappa shape index (κ1) is 16.0. The summed E-state index contributed by atoms with van der Waals surface area (Å²) in [6.07, 6.45) is 5.09. The second-order valence-corrected chi connectivity index (χ2v) is 5.80. The van der Waals surface area contributed by atoms with E-state index in [4.69, 9.17) is 9.84 Å². The molecular weight excluding hydrogens is 308 g/mol. The van der Waals surface area contributed by atoms with Gasteiger partial charge in [0.05, 0.1) is 0 Å². The van der Waals surface area contributed by atoms with Crippen molar-refractivity contribution in [2.24, 2.45) is 5.92 Å². The Bertz CT molecular complexity index is 712. The van der Waals surface area contributed by atoms with Crippen LogP contribution in [0.1, 0.15) is 28.8 Å². The maximum absolute atomic E-state index is 12.2. The van der Waals surface area contributed by atoms with E-state index in [9.17, 15) is 9.59 Å². The van der Waals surface area contributed by atoms with Crippen LogP contribution in [0.4, 0.5) is 0 Å². The molecule has 0 spiro atoms. The molecule has 6 nitrogen and oxygen atoms in total. The Balaban J connectivity index is 1.57. The van der Waals surface area contributed by atoms with Crippen LogP contribution in [0.5, 0.6) is 5.75 Å². The van der Waals surface area contributed by atoms with E-state index >= 15 is 0 Å². The molecule has 1 aromatic heterocycles. The summed E-state index contributed by atoms with van der Waals surface area (Å²) in [5, 5.41) is 11.7. The Hall–Kier alpha value is -2.89. The first-order chi connectivity index (χ1) is 11.6. The highest BCUT2D eigenvalue weighted by Crippen LogP contribution is 2.32. The summed E-state index contributed by atoms with van der Waals surface area (Å²) in [6, 6.07) is 9.58. The minimum absolute atomic E-state index is 0.0504. The van der Waals surface area contributed by atoms with E-state index in [1.165, 1.54) is 0 Å². The van der Waals surface area contributed by atoms with E-state index in [1.54, 1.807) is 36.7 Å². The molecular formula is C18H18N2O4. The largest absolute Gasteiger partial charge is 0.489 e. The van der Waals surface area contributed by atoms with Gasteiger partial charge in [-0.3, -0.25) is 9.78 Å². The summed E-state index contributed by atoms with van der Waals surface area (Å²) in [5.41, 5.74) is 1.42. The average molecular weight is 326 g/mol. The number of rotatable bonds is 7. The maximum atomic E-state index is 12.2. The van der Waals surface area contributed by atoms with Gasteiger partial charge in [-0.2, -0.15) is 0 Å². The molecule has 0 bridgehead atoms. The number of carboxylic acids is 1. The van der Waals surface area contributed by atoms with E-state index in [1.807, 2.05) is 12.1 Å². The topological polar surface area (TPSA) is 88.5 Å². The molecule has 2 N–H and O–H groups in total. The molecule has 0 saturated heterocycles. The van der Waals surface area contributed by atoms with Crippen molar-refractivity contribution in [3.63, 3.8) is 0 Å². The Kier molecular flexibility index (Phi) is 4.74. The predicted octanol–water partition coefficient (Wildman–Crippen LogP) is 2.25. The predicted molar refractivity (Wildman–Crippen MR) is 86.6 cm³/mol. The van der Waals surface area contributed by atoms with Crippen LogP contribution in [0, 0.1) is 5.92 Å². The van der Waals surface area contributed by atoms with Crippen LogP contribution in [-0.4, -0.2) is 28.0 Å². The van der Waals surface area contributed by atoms with Gasteiger partial charge >= 0.3 is 5.97 Å². The number of nitrogens with zero attached hydrogens (tertiary/aromatic N) is 1. The van der Waals surface area contributed by atoms with Gasteiger partial charge in [0.1, 0.15) is 18.4 Å². The minimum atomic E-state index is -0.983. The zero-order valence-corrected chi connectivity index (χ0v) is 13.0. The van der Waals surface area contributed by atoms with Crippen LogP contribution in [0.2, 0.25) is 0 Å². The van der Waals surface area contributed by atoms with Gasteiger partial charge in [-0.25, -0.2) is 4.79 Å².